The van der Waals surface area contributed by atoms with Crippen molar-refractivity contribution in [2.24, 2.45) is 0 Å². The lowest BCUT2D eigenvalue weighted by Crippen LogP contribution is -2.35. The van der Waals surface area contributed by atoms with Gasteiger partial charge in [0, 0.05) is 14.2 Å². The first kappa shape index (κ1) is 20.2. The van der Waals surface area contributed by atoms with E-state index in [-0.39, 0.29) is 0 Å². The molecule has 0 aromatic heterocycles. The maximum atomic E-state index is 12.2. The molecular formula is C20H26O5Si. The van der Waals surface area contributed by atoms with Gasteiger partial charge in [-0.1, -0.05) is 24.3 Å². The second-order valence-corrected chi connectivity index (χ2v) is 9.72. The van der Waals surface area contributed by atoms with Crippen LogP contribution in [-0.2, 0) is 15.3 Å². The van der Waals surface area contributed by atoms with Crippen LogP contribution in [0.15, 0.2) is 48.5 Å². The second kappa shape index (κ2) is 9.52. The molecule has 2 rings (SSSR count). The molecule has 2 aromatic rings. The average molecular weight is 375 g/mol. The quantitative estimate of drug-likeness (QED) is 0.374. The van der Waals surface area contributed by atoms with Gasteiger partial charge in [-0.3, -0.25) is 0 Å². The Kier molecular flexibility index (Phi) is 7.38. The van der Waals surface area contributed by atoms with E-state index in [9.17, 15) is 4.79 Å². The molecule has 0 bridgehead atoms. The number of carbonyl (C=O) groups excluding carboxylic acids is 1. The zero-order valence-electron chi connectivity index (χ0n) is 15.8. The van der Waals surface area contributed by atoms with Crippen molar-refractivity contribution in [3.05, 3.63) is 59.7 Å². The lowest BCUT2D eigenvalue weighted by atomic mass is 10.1. The third-order valence-corrected chi connectivity index (χ3v) is 7.39. The van der Waals surface area contributed by atoms with Crippen LogP contribution >= 0.6 is 0 Å². The summed E-state index contributed by atoms with van der Waals surface area (Å²) in [5.41, 5.74) is 1.62. The lowest BCUT2D eigenvalue weighted by molar-refractivity contribution is 0.0729. The molecule has 0 saturated heterocycles. The molecule has 140 valence electrons. The molecule has 0 aliphatic rings. The maximum absolute atomic E-state index is 12.2. The van der Waals surface area contributed by atoms with E-state index in [0.717, 1.165) is 24.4 Å². The molecule has 0 radical (unpaired) electrons. The minimum absolute atomic E-state index is 0.404. The Morgan fingerprint density at radius 1 is 0.962 bits per heavy atom. The minimum atomic E-state index is -2.04. The second-order valence-electron chi connectivity index (χ2n) is 6.14. The van der Waals surface area contributed by atoms with Gasteiger partial charge in [-0.05, 0) is 55.3 Å². The highest BCUT2D eigenvalue weighted by atomic mass is 28.4. The number of aryl methyl sites for hydroxylation is 1. The van der Waals surface area contributed by atoms with Gasteiger partial charge in [-0.25, -0.2) is 4.79 Å². The first-order chi connectivity index (χ1) is 12.5. The molecule has 0 unspecified atom stereocenters. The average Bonchev–Trinajstić information content (AvgIpc) is 2.69. The third-order valence-electron chi connectivity index (χ3n) is 4.40. The van der Waals surface area contributed by atoms with E-state index in [2.05, 4.69) is 6.55 Å². The minimum Gasteiger partial charge on any atom is -0.493 e. The van der Waals surface area contributed by atoms with E-state index < -0.39 is 14.5 Å². The Bertz CT molecular complexity index is 713. The summed E-state index contributed by atoms with van der Waals surface area (Å²) in [6.07, 6.45) is 1.83. The van der Waals surface area contributed by atoms with Gasteiger partial charge in [0.05, 0.1) is 12.7 Å². The van der Waals surface area contributed by atoms with E-state index in [1.54, 1.807) is 51.7 Å². The van der Waals surface area contributed by atoms with Gasteiger partial charge in [-0.15, -0.1) is 0 Å². The first-order valence-electron chi connectivity index (χ1n) is 8.56. The summed E-state index contributed by atoms with van der Waals surface area (Å²) in [6, 6.07) is 15.4. The van der Waals surface area contributed by atoms with E-state index >= 15 is 0 Å². The number of hydrogen-bond acceptors (Lipinski definition) is 5. The number of carbonyl (C=O) groups is 1. The van der Waals surface area contributed by atoms with Gasteiger partial charge in [0.2, 0.25) is 0 Å². The van der Waals surface area contributed by atoms with Crippen LogP contribution in [-0.4, -0.2) is 35.9 Å². The Morgan fingerprint density at radius 3 is 2.27 bits per heavy atom. The smallest absolute Gasteiger partial charge is 0.343 e. The van der Waals surface area contributed by atoms with Crippen molar-refractivity contribution in [2.45, 2.75) is 25.4 Å². The summed E-state index contributed by atoms with van der Waals surface area (Å²) >= 11 is 0. The molecule has 0 fully saturated rings. The van der Waals surface area contributed by atoms with Crippen LogP contribution in [0, 0.1) is 0 Å². The summed E-state index contributed by atoms with van der Waals surface area (Å²) in [5.74, 6) is 0.557. The van der Waals surface area contributed by atoms with Crippen LogP contribution in [0.5, 0.6) is 11.5 Å². The number of benzene rings is 2. The highest BCUT2D eigenvalue weighted by Crippen LogP contribution is 2.30. The van der Waals surface area contributed by atoms with E-state index in [1.165, 1.54) is 0 Å². The number of ether oxygens (including phenoxy) is 2. The van der Waals surface area contributed by atoms with Gasteiger partial charge in [0.25, 0.3) is 0 Å². The van der Waals surface area contributed by atoms with Crippen molar-refractivity contribution >= 4 is 14.5 Å². The topological polar surface area (TPSA) is 54.0 Å². The normalized spacial score (nSPS) is 11.2. The van der Waals surface area contributed by atoms with Crippen molar-refractivity contribution < 1.29 is 23.1 Å². The maximum Gasteiger partial charge on any atom is 0.343 e. The van der Waals surface area contributed by atoms with Crippen molar-refractivity contribution in [3.8, 4) is 11.5 Å². The van der Waals surface area contributed by atoms with Gasteiger partial charge in [0.1, 0.15) is 0 Å². The van der Waals surface area contributed by atoms with E-state index in [0.29, 0.717) is 17.1 Å². The summed E-state index contributed by atoms with van der Waals surface area (Å²) in [4.78, 5) is 12.2. The molecule has 0 atom stereocenters. The first-order valence-corrected chi connectivity index (χ1v) is 11.1. The van der Waals surface area contributed by atoms with Crippen LogP contribution in [0.25, 0.3) is 0 Å². The monoisotopic (exact) mass is 374 g/mol. The molecule has 6 heteroatoms. The lowest BCUT2D eigenvalue weighted by Gasteiger charge is -2.22. The van der Waals surface area contributed by atoms with Gasteiger partial charge in [0.15, 0.2) is 11.5 Å². The summed E-state index contributed by atoms with van der Waals surface area (Å²) in [5, 5.41) is 0. The predicted molar refractivity (Wildman–Crippen MR) is 103 cm³/mol. The molecule has 0 saturated carbocycles. The Labute approximate surface area is 156 Å². The number of hydrogen-bond donors (Lipinski definition) is 0. The molecule has 0 heterocycles. The zero-order chi connectivity index (χ0) is 19.0. The molecule has 0 N–H and O–H groups in total. The van der Waals surface area contributed by atoms with E-state index in [1.807, 2.05) is 18.2 Å². The number of methoxy groups -OCH3 is 1. The fourth-order valence-electron chi connectivity index (χ4n) is 2.59. The summed E-state index contributed by atoms with van der Waals surface area (Å²) in [6.45, 7) is 2.06. The fraction of sp³-hybridized carbons (Fsp3) is 0.350. The van der Waals surface area contributed by atoms with Crippen molar-refractivity contribution in [2.75, 3.05) is 21.3 Å². The molecule has 0 spiro atoms. The molecule has 26 heavy (non-hydrogen) atoms. The molecule has 0 aliphatic heterocycles. The van der Waals surface area contributed by atoms with Crippen LogP contribution in [0.3, 0.4) is 0 Å². The van der Waals surface area contributed by atoms with Gasteiger partial charge < -0.3 is 18.3 Å². The number of esters is 1. The third kappa shape index (κ3) is 5.42. The van der Waals surface area contributed by atoms with Crippen molar-refractivity contribution in [1.82, 2.24) is 0 Å². The highest BCUT2D eigenvalue weighted by Gasteiger charge is 2.27. The zero-order valence-corrected chi connectivity index (χ0v) is 16.8. The molecule has 2 aromatic carbocycles. The number of rotatable bonds is 9. The Balaban J connectivity index is 2.02. The van der Waals surface area contributed by atoms with Crippen LogP contribution in [0.4, 0.5) is 0 Å². The summed E-state index contributed by atoms with van der Waals surface area (Å²) < 4.78 is 21.9. The van der Waals surface area contributed by atoms with Gasteiger partial charge >= 0.3 is 14.5 Å². The standard InChI is InChI=1S/C20H26O5Si/c1-22-19-15-16(9-8-14-26(4,23-2)24-3)12-13-18(19)25-20(21)17-10-6-5-7-11-17/h5-7,10-13,15H,8-9,14H2,1-4H3. The molecule has 5 nitrogen and oxygen atoms in total. The largest absolute Gasteiger partial charge is 0.493 e. The Hall–Kier alpha value is -2.15. The highest BCUT2D eigenvalue weighted by molar-refractivity contribution is 6.65. The van der Waals surface area contributed by atoms with Crippen LogP contribution in [0.2, 0.25) is 12.6 Å². The predicted octanol–water partition coefficient (Wildman–Crippen LogP) is 4.21. The summed E-state index contributed by atoms with van der Waals surface area (Å²) in [7, 11) is 2.93. The van der Waals surface area contributed by atoms with Crippen LogP contribution in [0.1, 0.15) is 22.3 Å². The van der Waals surface area contributed by atoms with Crippen molar-refractivity contribution in [1.29, 1.82) is 0 Å². The van der Waals surface area contributed by atoms with Crippen molar-refractivity contribution in [3.63, 3.8) is 0 Å². The Morgan fingerprint density at radius 2 is 1.65 bits per heavy atom. The molecule has 0 amide bonds. The fourth-order valence-corrected chi connectivity index (χ4v) is 3.98. The van der Waals surface area contributed by atoms with Crippen LogP contribution < -0.4 is 9.47 Å². The van der Waals surface area contributed by atoms with Gasteiger partial charge in [-0.2, -0.15) is 0 Å². The SMILES string of the molecule is COc1cc(CCC[Si](C)(OC)OC)ccc1OC(=O)c1ccccc1. The molecular weight excluding hydrogens is 348 g/mol. The molecule has 0 aliphatic carbocycles. The van der Waals surface area contributed by atoms with E-state index in [4.69, 9.17) is 18.3 Å².